The van der Waals surface area contributed by atoms with Gasteiger partial charge in [-0.1, -0.05) is 18.6 Å². The summed E-state index contributed by atoms with van der Waals surface area (Å²) < 4.78 is 11.0. The Morgan fingerprint density at radius 3 is 2.68 bits per heavy atom. The Kier molecular flexibility index (Phi) is 5.26. The molecule has 1 saturated carbocycles. The molecule has 1 heterocycles. The first-order chi connectivity index (χ1) is 12.1. The largest absolute Gasteiger partial charge is 0.497 e. The van der Waals surface area contributed by atoms with E-state index in [1.807, 2.05) is 24.3 Å². The van der Waals surface area contributed by atoms with Crippen LogP contribution in [0.3, 0.4) is 0 Å². The quantitative estimate of drug-likeness (QED) is 0.823. The molecule has 0 bridgehead atoms. The summed E-state index contributed by atoms with van der Waals surface area (Å²) in [5.41, 5.74) is 1.75. The average Bonchev–Trinajstić information content (AvgIpc) is 2.61. The van der Waals surface area contributed by atoms with Gasteiger partial charge in [-0.15, -0.1) is 0 Å². The summed E-state index contributed by atoms with van der Waals surface area (Å²) in [5, 5.41) is 5.49. The standard InChI is InChI=1S/C19H24N2O4/c1-12-16(18(22)25-14-8-4-3-5-9-14)17(21-19(23)20-12)13-7-6-10-15(11-13)24-2/h6-7,10-11,14,17H,3-5,8-9H2,1-2H3,(H2,20,21,23). The van der Waals surface area contributed by atoms with Crippen LogP contribution in [0, 0.1) is 0 Å². The van der Waals surface area contributed by atoms with Crippen molar-refractivity contribution in [3.05, 3.63) is 41.1 Å². The van der Waals surface area contributed by atoms with Gasteiger partial charge >= 0.3 is 12.0 Å². The Morgan fingerprint density at radius 2 is 1.96 bits per heavy atom. The van der Waals surface area contributed by atoms with Gasteiger partial charge in [-0.25, -0.2) is 9.59 Å². The SMILES string of the molecule is COc1cccc(C2NC(=O)NC(C)=C2C(=O)OC2CCCCC2)c1. The lowest BCUT2D eigenvalue weighted by molar-refractivity contribution is -0.146. The molecule has 1 aromatic carbocycles. The van der Waals surface area contributed by atoms with Crippen molar-refractivity contribution in [2.45, 2.75) is 51.2 Å². The lowest BCUT2D eigenvalue weighted by Crippen LogP contribution is -2.45. The Morgan fingerprint density at radius 1 is 1.20 bits per heavy atom. The Bertz CT molecular complexity index is 692. The zero-order chi connectivity index (χ0) is 17.8. The van der Waals surface area contributed by atoms with Crippen LogP contribution in [0.5, 0.6) is 5.75 Å². The minimum atomic E-state index is -0.556. The summed E-state index contributed by atoms with van der Waals surface area (Å²) in [6, 6.07) is 6.45. The molecule has 0 radical (unpaired) electrons. The van der Waals surface area contributed by atoms with Crippen LogP contribution in [-0.4, -0.2) is 25.2 Å². The fourth-order valence-electron chi connectivity index (χ4n) is 3.43. The van der Waals surface area contributed by atoms with Gasteiger partial charge < -0.3 is 20.1 Å². The number of carbonyl (C=O) groups is 2. The molecule has 134 valence electrons. The predicted molar refractivity (Wildman–Crippen MR) is 93.1 cm³/mol. The normalized spacial score (nSPS) is 21.4. The minimum absolute atomic E-state index is 0.0369. The van der Waals surface area contributed by atoms with Crippen LogP contribution in [-0.2, 0) is 9.53 Å². The number of ether oxygens (including phenoxy) is 2. The van der Waals surface area contributed by atoms with Crippen LogP contribution in [0.2, 0.25) is 0 Å². The molecule has 1 atom stereocenters. The highest BCUT2D eigenvalue weighted by atomic mass is 16.5. The second kappa shape index (κ2) is 7.59. The van der Waals surface area contributed by atoms with Crippen molar-refractivity contribution in [3.63, 3.8) is 0 Å². The maximum atomic E-state index is 12.8. The third-order valence-electron chi connectivity index (χ3n) is 4.74. The van der Waals surface area contributed by atoms with E-state index in [-0.39, 0.29) is 18.1 Å². The van der Waals surface area contributed by atoms with Crippen LogP contribution in [0.1, 0.15) is 50.6 Å². The minimum Gasteiger partial charge on any atom is -0.497 e. The molecule has 6 nitrogen and oxygen atoms in total. The molecule has 0 saturated heterocycles. The molecule has 3 rings (SSSR count). The van der Waals surface area contributed by atoms with Crippen molar-refractivity contribution in [3.8, 4) is 5.75 Å². The number of methoxy groups -OCH3 is 1. The topological polar surface area (TPSA) is 76.7 Å². The van der Waals surface area contributed by atoms with Crippen molar-refractivity contribution in [2.24, 2.45) is 0 Å². The molecule has 0 spiro atoms. The van der Waals surface area contributed by atoms with E-state index in [0.717, 1.165) is 31.2 Å². The number of esters is 1. The molecule has 0 aromatic heterocycles. The lowest BCUT2D eigenvalue weighted by atomic mass is 9.94. The van der Waals surface area contributed by atoms with Crippen LogP contribution in [0.25, 0.3) is 0 Å². The van der Waals surface area contributed by atoms with Crippen LogP contribution < -0.4 is 15.4 Å². The first-order valence-corrected chi connectivity index (χ1v) is 8.71. The summed E-state index contributed by atoms with van der Waals surface area (Å²) in [6.45, 7) is 1.73. The van der Waals surface area contributed by atoms with Crippen molar-refractivity contribution < 1.29 is 19.1 Å². The molecule has 1 aromatic rings. The number of amides is 2. The second-order valence-corrected chi connectivity index (χ2v) is 6.51. The Labute approximate surface area is 147 Å². The number of rotatable bonds is 4. The molecule has 25 heavy (non-hydrogen) atoms. The van der Waals surface area contributed by atoms with Gasteiger partial charge in [0.1, 0.15) is 11.9 Å². The molecular formula is C19H24N2O4. The number of carbonyl (C=O) groups excluding carboxylic acids is 2. The van der Waals surface area contributed by atoms with Crippen molar-refractivity contribution in [1.82, 2.24) is 10.6 Å². The van der Waals surface area contributed by atoms with Gasteiger partial charge in [-0.05, 0) is 50.3 Å². The van der Waals surface area contributed by atoms with Crippen LogP contribution in [0.15, 0.2) is 35.5 Å². The van der Waals surface area contributed by atoms with Gasteiger partial charge in [0.2, 0.25) is 0 Å². The number of urea groups is 1. The molecule has 6 heteroatoms. The van der Waals surface area contributed by atoms with Gasteiger partial charge in [-0.2, -0.15) is 0 Å². The monoisotopic (exact) mass is 344 g/mol. The third kappa shape index (κ3) is 3.95. The van der Waals surface area contributed by atoms with Gasteiger partial charge in [-0.3, -0.25) is 0 Å². The summed E-state index contributed by atoms with van der Waals surface area (Å²) >= 11 is 0. The summed E-state index contributed by atoms with van der Waals surface area (Å²) in [6.07, 6.45) is 5.14. The fraction of sp³-hybridized carbons (Fsp3) is 0.474. The molecule has 1 fully saturated rings. The zero-order valence-corrected chi connectivity index (χ0v) is 14.6. The number of allylic oxidation sites excluding steroid dienone is 1. The number of nitrogens with one attached hydrogen (secondary N) is 2. The van der Waals surface area contributed by atoms with E-state index in [2.05, 4.69) is 10.6 Å². The van der Waals surface area contributed by atoms with E-state index < -0.39 is 6.04 Å². The van der Waals surface area contributed by atoms with Gasteiger partial charge in [0, 0.05) is 5.70 Å². The molecule has 2 aliphatic rings. The summed E-state index contributed by atoms with van der Waals surface area (Å²) in [5.74, 6) is 0.299. The van der Waals surface area contributed by atoms with Crippen LogP contribution >= 0.6 is 0 Å². The number of hydrogen-bond donors (Lipinski definition) is 2. The third-order valence-corrected chi connectivity index (χ3v) is 4.74. The van der Waals surface area contributed by atoms with E-state index in [9.17, 15) is 9.59 Å². The maximum absolute atomic E-state index is 12.8. The van der Waals surface area contributed by atoms with Crippen molar-refractivity contribution in [2.75, 3.05) is 7.11 Å². The van der Waals surface area contributed by atoms with Crippen molar-refractivity contribution in [1.29, 1.82) is 0 Å². The highest BCUT2D eigenvalue weighted by molar-refractivity contribution is 5.95. The van der Waals surface area contributed by atoms with Crippen LogP contribution in [0.4, 0.5) is 4.79 Å². The molecule has 1 unspecified atom stereocenters. The van der Waals surface area contributed by atoms with Gasteiger partial charge in [0.15, 0.2) is 0 Å². The highest BCUT2D eigenvalue weighted by Gasteiger charge is 2.33. The van der Waals surface area contributed by atoms with Crippen molar-refractivity contribution >= 4 is 12.0 Å². The van der Waals surface area contributed by atoms with E-state index in [1.165, 1.54) is 6.42 Å². The number of benzene rings is 1. The predicted octanol–water partition coefficient (Wildman–Crippen LogP) is 3.20. The lowest BCUT2D eigenvalue weighted by Gasteiger charge is -2.30. The first-order valence-electron chi connectivity index (χ1n) is 8.71. The van der Waals surface area contributed by atoms with E-state index in [1.54, 1.807) is 14.0 Å². The smallest absolute Gasteiger partial charge is 0.338 e. The molecule has 2 amide bonds. The Hall–Kier alpha value is -2.50. The highest BCUT2D eigenvalue weighted by Crippen LogP contribution is 2.31. The average molecular weight is 344 g/mol. The Balaban J connectivity index is 1.87. The summed E-state index contributed by atoms with van der Waals surface area (Å²) in [4.78, 5) is 24.7. The van der Waals surface area contributed by atoms with E-state index >= 15 is 0 Å². The first kappa shape index (κ1) is 17.3. The number of hydrogen-bond acceptors (Lipinski definition) is 4. The fourth-order valence-corrected chi connectivity index (χ4v) is 3.43. The molecule has 1 aliphatic carbocycles. The maximum Gasteiger partial charge on any atom is 0.338 e. The van der Waals surface area contributed by atoms with Gasteiger partial charge in [0.25, 0.3) is 0 Å². The molecule has 1 aliphatic heterocycles. The molecular weight excluding hydrogens is 320 g/mol. The summed E-state index contributed by atoms with van der Waals surface area (Å²) in [7, 11) is 1.58. The van der Waals surface area contributed by atoms with Gasteiger partial charge in [0.05, 0.1) is 18.7 Å². The zero-order valence-electron chi connectivity index (χ0n) is 14.6. The second-order valence-electron chi connectivity index (χ2n) is 6.51. The van der Waals surface area contributed by atoms with E-state index in [4.69, 9.17) is 9.47 Å². The van der Waals surface area contributed by atoms with E-state index in [0.29, 0.717) is 17.0 Å². The molecule has 2 N–H and O–H groups in total.